The Bertz CT molecular complexity index is 503. The Balaban J connectivity index is 2.87. The summed E-state index contributed by atoms with van der Waals surface area (Å²) in [4.78, 5) is 11.4. The summed E-state index contributed by atoms with van der Waals surface area (Å²) in [5.41, 5.74) is 0.722. The summed E-state index contributed by atoms with van der Waals surface area (Å²) in [6.45, 7) is 2.68. The Morgan fingerprint density at radius 1 is 1.48 bits per heavy atom. The van der Waals surface area contributed by atoms with Crippen molar-refractivity contribution in [1.29, 1.82) is 0 Å². The molecule has 6 heteroatoms. The predicted octanol–water partition coefficient (Wildman–Crippen LogP) is 2.26. The SMILES string of the molecule is CCCOc1c(Cl)cc(/C=C/C(=O)NCCO)cc1OC. The van der Waals surface area contributed by atoms with Crippen LogP contribution in [0.3, 0.4) is 0 Å². The minimum absolute atomic E-state index is 0.0945. The number of halogens is 1. The number of ether oxygens (including phenoxy) is 2. The van der Waals surface area contributed by atoms with Gasteiger partial charge in [-0.05, 0) is 30.2 Å². The monoisotopic (exact) mass is 313 g/mol. The van der Waals surface area contributed by atoms with Gasteiger partial charge in [-0.2, -0.15) is 0 Å². The Morgan fingerprint density at radius 2 is 2.24 bits per heavy atom. The molecule has 0 saturated heterocycles. The molecule has 0 heterocycles. The van der Waals surface area contributed by atoms with Crippen molar-refractivity contribution in [2.45, 2.75) is 13.3 Å². The van der Waals surface area contributed by atoms with Crippen LogP contribution in [0, 0.1) is 0 Å². The minimum atomic E-state index is -0.287. The maximum absolute atomic E-state index is 11.4. The lowest BCUT2D eigenvalue weighted by molar-refractivity contribution is -0.116. The fourth-order valence-corrected chi connectivity index (χ4v) is 1.86. The van der Waals surface area contributed by atoms with Gasteiger partial charge in [0.1, 0.15) is 0 Å². The van der Waals surface area contributed by atoms with Crippen LogP contribution in [0.2, 0.25) is 5.02 Å². The molecule has 2 N–H and O–H groups in total. The third kappa shape index (κ3) is 5.65. The van der Waals surface area contributed by atoms with E-state index in [-0.39, 0.29) is 19.1 Å². The summed E-state index contributed by atoms with van der Waals surface area (Å²) in [6.07, 6.45) is 3.85. The van der Waals surface area contributed by atoms with Crippen molar-refractivity contribution in [3.8, 4) is 11.5 Å². The first-order valence-electron chi connectivity index (χ1n) is 6.69. The van der Waals surface area contributed by atoms with E-state index in [4.69, 9.17) is 26.2 Å². The Hall–Kier alpha value is -1.72. The number of carbonyl (C=O) groups excluding carboxylic acids is 1. The van der Waals surface area contributed by atoms with Crippen LogP contribution in [-0.2, 0) is 4.79 Å². The van der Waals surface area contributed by atoms with Gasteiger partial charge < -0.3 is 19.9 Å². The molecule has 21 heavy (non-hydrogen) atoms. The van der Waals surface area contributed by atoms with Gasteiger partial charge in [0, 0.05) is 12.6 Å². The zero-order valence-corrected chi connectivity index (χ0v) is 12.9. The lowest BCUT2D eigenvalue weighted by Crippen LogP contribution is -2.24. The van der Waals surface area contributed by atoms with Crippen molar-refractivity contribution in [2.24, 2.45) is 0 Å². The Labute approximate surface area is 129 Å². The summed E-state index contributed by atoms with van der Waals surface area (Å²) in [5.74, 6) is 0.736. The van der Waals surface area contributed by atoms with Gasteiger partial charge in [-0.1, -0.05) is 18.5 Å². The van der Waals surface area contributed by atoms with Crippen LogP contribution in [0.15, 0.2) is 18.2 Å². The first-order chi connectivity index (χ1) is 10.1. The molecule has 0 bridgehead atoms. The molecule has 0 aromatic heterocycles. The van der Waals surface area contributed by atoms with Crippen LogP contribution < -0.4 is 14.8 Å². The molecule has 1 aromatic rings. The summed E-state index contributed by atoms with van der Waals surface area (Å²) >= 11 is 6.18. The molecule has 0 aliphatic rings. The fraction of sp³-hybridized carbons (Fsp3) is 0.400. The van der Waals surface area contributed by atoms with Crippen molar-refractivity contribution in [1.82, 2.24) is 5.32 Å². The fourth-order valence-electron chi connectivity index (χ4n) is 1.59. The number of hydrogen-bond acceptors (Lipinski definition) is 4. The quantitative estimate of drug-likeness (QED) is 0.722. The molecular weight excluding hydrogens is 294 g/mol. The van der Waals surface area contributed by atoms with Crippen LogP contribution in [0.1, 0.15) is 18.9 Å². The van der Waals surface area contributed by atoms with Gasteiger partial charge in [0.05, 0.1) is 25.3 Å². The highest BCUT2D eigenvalue weighted by Crippen LogP contribution is 2.36. The number of benzene rings is 1. The van der Waals surface area contributed by atoms with E-state index in [1.807, 2.05) is 6.92 Å². The van der Waals surface area contributed by atoms with E-state index in [1.54, 1.807) is 18.2 Å². The minimum Gasteiger partial charge on any atom is -0.493 e. The zero-order chi connectivity index (χ0) is 15.7. The number of hydrogen-bond donors (Lipinski definition) is 2. The molecule has 0 fully saturated rings. The average Bonchev–Trinajstić information content (AvgIpc) is 2.49. The molecule has 1 amide bonds. The molecule has 0 aliphatic heterocycles. The number of nitrogens with one attached hydrogen (secondary N) is 1. The molecule has 5 nitrogen and oxygen atoms in total. The topological polar surface area (TPSA) is 67.8 Å². The Kier molecular flexibility index (Phi) is 7.64. The molecule has 0 atom stereocenters. The maximum atomic E-state index is 11.4. The Morgan fingerprint density at radius 3 is 2.86 bits per heavy atom. The maximum Gasteiger partial charge on any atom is 0.244 e. The van der Waals surface area contributed by atoms with Gasteiger partial charge in [-0.3, -0.25) is 4.79 Å². The van der Waals surface area contributed by atoms with E-state index in [2.05, 4.69) is 5.32 Å². The van der Waals surface area contributed by atoms with Gasteiger partial charge >= 0.3 is 0 Å². The van der Waals surface area contributed by atoms with Gasteiger partial charge in [-0.25, -0.2) is 0 Å². The lowest BCUT2D eigenvalue weighted by Gasteiger charge is -2.12. The second kappa shape index (κ2) is 9.26. The number of rotatable bonds is 8. The molecule has 0 radical (unpaired) electrons. The van der Waals surface area contributed by atoms with Crippen LogP contribution >= 0.6 is 11.6 Å². The highest BCUT2D eigenvalue weighted by Gasteiger charge is 2.11. The molecule has 0 aliphatic carbocycles. The van der Waals surface area contributed by atoms with E-state index >= 15 is 0 Å². The standard InChI is InChI=1S/C15H20ClNO4/c1-3-8-21-15-12(16)9-11(10-13(15)20-2)4-5-14(19)17-6-7-18/h4-5,9-10,18H,3,6-8H2,1-2H3,(H,17,19)/b5-4+. The van der Waals surface area contributed by atoms with E-state index in [0.717, 1.165) is 12.0 Å². The molecule has 1 rings (SSSR count). The van der Waals surface area contributed by atoms with Gasteiger partial charge in [0.25, 0.3) is 0 Å². The third-order valence-electron chi connectivity index (χ3n) is 2.54. The van der Waals surface area contributed by atoms with Crippen LogP contribution in [0.25, 0.3) is 6.08 Å². The highest BCUT2D eigenvalue weighted by molar-refractivity contribution is 6.32. The van der Waals surface area contributed by atoms with Gasteiger partial charge in [0.15, 0.2) is 11.5 Å². The molecular formula is C15H20ClNO4. The van der Waals surface area contributed by atoms with Gasteiger partial charge in [-0.15, -0.1) is 0 Å². The molecule has 0 spiro atoms. The first-order valence-corrected chi connectivity index (χ1v) is 7.07. The number of amides is 1. The highest BCUT2D eigenvalue weighted by atomic mass is 35.5. The number of carbonyl (C=O) groups is 1. The largest absolute Gasteiger partial charge is 0.493 e. The second-order valence-corrected chi connectivity index (χ2v) is 4.64. The van der Waals surface area contributed by atoms with E-state index in [1.165, 1.54) is 13.2 Å². The smallest absolute Gasteiger partial charge is 0.244 e. The van der Waals surface area contributed by atoms with Crippen molar-refractivity contribution in [3.63, 3.8) is 0 Å². The summed E-state index contributed by atoms with van der Waals surface area (Å²) in [5, 5.41) is 11.6. The third-order valence-corrected chi connectivity index (χ3v) is 2.82. The summed E-state index contributed by atoms with van der Waals surface area (Å²) in [6, 6.07) is 3.44. The number of methoxy groups -OCH3 is 1. The normalized spacial score (nSPS) is 10.7. The van der Waals surface area contributed by atoms with E-state index in [0.29, 0.717) is 23.1 Å². The van der Waals surface area contributed by atoms with E-state index < -0.39 is 0 Å². The van der Waals surface area contributed by atoms with Crippen molar-refractivity contribution in [2.75, 3.05) is 26.9 Å². The van der Waals surface area contributed by atoms with Crippen LogP contribution in [0.5, 0.6) is 11.5 Å². The second-order valence-electron chi connectivity index (χ2n) is 4.23. The molecule has 116 valence electrons. The molecule has 1 aromatic carbocycles. The van der Waals surface area contributed by atoms with Crippen molar-refractivity contribution in [3.05, 3.63) is 28.8 Å². The average molecular weight is 314 g/mol. The number of aliphatic hydroxyl groups is 1. The lowest BCUT2D eigenvalue weighted by atomic mass is 10.2. The summed E-state index contributed by atoms with van der Waals surface area (Å²) < 4.78 is 10.8. The molecule has 0 unspecified atom stereocenters. The number of aliphatic hydroxyl groups excluding tert-OH is 1. The predicted molar refractivity (Wildman–Crippen MR) is 82.9 cm³/mol. The van der Waals surface area contributed by atoms with Gasteiger partial charge in [0.2, 0.25) is 5.91 Å². The zero-order valence-electron chi connectivity index (χ0n) is 12.2. The first kappa shape index (κ1) is 17.3. The summed E-state index contributed by atoms with van der Waals surface area (Å²) in [7, 11) is 1.53. The molecule has 0 saturated carbocycles. The van der Waals surface area contributed by atoms with Crippen LogP contribution in [0.4, 0.5) is 0 Å². The van der Waals surface area contributed by atoms with Crippen LogP contribution in [-0.4, -0.2) is 37.9 Å². The van der Waals surface area contributed by atoms with Crippen molar-refractivity contribution < 1.29 is 19.4 Å². The van der Waals surface area contributed by atoms with E-state index in [9.17, 15) is 4.79 Å². The van der Waals surface area contributed by atoms with Crippen molar-refractivity contribution >= 4 is 23.6 Å².